The maximum Gasteiger partial charge on any atom is 0.266 e. The number of aromatic hydroxyl groups is 1. The molecule has 7 nitrogen and oxygen atoms in total. The van der Waals surface area contributed by atoms with Gasteiger partial charge < -0.3 is 9.84 Å². The van der Waals surface area contributed by atoms with Crippen molar-refractivity contribution in [2.45, 2.75) is 19.1 Å². The number of carbonyl (C=O) groups excluding carboxylic acids is 2. The zero-order valence-electron chi connectivity index (χ0n) is 17.7. The van der Waals surface area contributed by atoms with Gasteiger partial charge in [-0.3, -0.25) is 14.4 Å². The number of anilines is 2. The molecule has 2 saturated heterocycles. The minimum Gasteiger partial charge on any atom is -0.504 e. The summed E-state index contributed by atoms with van der Waals surface area (Å²) in [5.41, 5.74) is 1.84. The van der Waals surface area contributed by atoms with Crippen molar-refractivity contribution in [1.82, 2.24) is 0 Å². The monoisotopic (exact) mass is 464 g/mol. The van der Waals surface area contributed by atoms with Gasteiger partial charge in [-0.1, -0.05) is 35.9 Å². The van der Waals surface area contributed by atoms with Crippen LogP contribution in [0.1, 0.15) is 18.5 Å². The summed E-state index contributed by atoms with van der Waals surface area (Å²) >= 11 is 5.98. The number of benzene rings is 3. The van der Waals surface area contributed by atoms with Gasteiger partial charge in [0.2, 0.25) is 5.91 Å². The molecule has 3 aromatic rings. The summed E-state index contributed by atoms with van der Waals surface area (Å²) < 4.78 is 5.55. The van der Waals surface area contributed by atoms with E-state index in [1.165, 1.54) is 6.07 Å². The molecule has 0 bridgehead atoms. The first kappa shape index (κ1) is 21.3. The van der Waals surface area contributed by atoms with E-state index in [2.05, 4.69) is 0 Å². The number of ether oxygens (including phenoxy) is 1. The van der Waals surface area contributed by atoms with Crippen molar-refractivity contribution < 1.29 is 24.3 Å². The van der Waals surface area contributed by atoms with Crippen LogP contribution in [0.25, 0.3) is 0 Å². The summed E-state index contributed by atoms with van der Waals surface area (Å²) in [5, 5.41) is 12.3. The molecule has 1 N–H and O–H groups in total. The molecule has 0 aliphatic carbocycles. The lowest BCUT2D eigenvalue weighted by molar-refractivity contribution is -0.126. The van der Waals surface area contributed by atoms with Crippen molar-refractivity contribution in [2.24, 2.45) is 5.92 Å². The van der Waals surface area contributed by atoms with E-state index in [4.69, 9.17) is 21.2 Å². The second kappa shape index (κ2) is 8.42. The number of carbonyl (C=O) groups is 2. The van der Waals surface area contributed by atoms with Crippen molar-refractivity contribution in [1.29, 1.82) is 0 Å². The number of hydroxylamine groups is 1. The van der Waals surface area contributed by atoms with E-state index in [9.17, 15) is 14.7 Å². The maximum atomic E-state index is 13.6. The smallest absolute Gasteiger partial charge is 0.266 e. The molecule has 0 spiro atoms. The van der Waals surface area contributed by atoms with Crippen molar-refractivity contribution in [2.75, 3.05) is 16.6 Å². The van der Waals surface area contributed by atoms with Gasteiger partial charge in [0.15, 0.2) is 17.6 Å². The van der Waals surface area contributed by atoms with Crippen LogP contribution in [0.2, 0.25) is 5.02 Å². The normalized spacial score (nSPS) is 22.1. The molecule has 0 saturated carbocycles. The number of fused-ring (bicyclic) bond motifs is 1. The number of nitrogens with zero attached hydrogens (tertiary/aromatic N) is 2. The van der Waals surface area contributed by atoms with Gasteiger partial charge >= 0.3 is 0 Å². The quantitative estimate of drug-likeness (QED) is 0.560. The second-order valence-corrected chi connectivity index (χ2v) is 8.24. The number of halogens is 1. The highest BCUT2D eigenvalue weighted by Gasteiger charge is 2.60. The zero-order valence-corrected chi connectivity index (χ0v) is 18.5. The second-order valence-electron chi connectivity index (χ2n) is 7.81. The highest BCUT2D eigenvalue weighted by molar-refractivity contribution is 6.31. The van der Waals surface area contributed by atoms with Crippen LogP contribution in [0.15, 0.2) is 72.8 Å². The van der Waals surface area contributed by atoms with Gasteiger partial charge in [-0.2, -0.15) is 0 Å². The van der Waals surface area contributed by atoms with Crippen LogP contribution in [-0.4, -0.2) is 29.6 Å². The number of phenols is 1. The van der Waals surface area contributed by atoms with E-state index in [1.807, 2.05) is 37.3 Å². The molecule has 2 aliphatic rings. The van der Waals surface area contributed by atoms with E-state index in [0.29, 0.717) is 34.3 Å². The van der Waals surface area contributed by atoms with Crippen LogP contribution >= 0.6 is 11.6 Å². The topological polar surface area (TPSA) is 79.3 Å². The van der Waals surface area contributed by atoms with E-state index >= 15 is 0 Å². The Labute approximate surface area is 195 Å². The van der Waals surface area contributed by atoms with Gasteiger partial charge in [0.1, 0.15) is 5.92 Å². The number of amides is 2. The average molecular weight is 465 g/mol. The number of imide groups is 1. The summed E-state index contributed by atoms with van der Waals surface area (Å²) in [7, 11) is 0. The Morgan fingerprint density at radius 3 is 2.39 bits per heavy atom. The molecular formula is C25H21ClN2O5. The number of phenolic OH excluding ortho intramolecular Hbond substituents is 1. The van der Waals surface area contributed by atoms with Crippen LogP contribution < -0.4 is 14.7 Å². The van der Waals surface area contributed by atoms with Crippen molar-refractivity contribution in [3.8, 4) is 11.5 Å². The molecule has 0 radical (unpaired) electrons. The molecule has 33 heavy (non-hydrogen) atoms. The van der Waals surface area contributed by atoms with E-state index in [0.717, 1.165) is 4.90 Å². The van der Waals surface area contributed by atoms with Crippen molar-refractivity contribution in [3.63, 3.8) is 0 Å². The highest BCUT2D eigenvalue weighted by Crippen LogP contribution is 2.48. The predicted octanol–water partition coefficient (Wildman–Crippen LogP) is 4.50. The van der Waals surface area contributed by atoms with E-state index in [1.54, 1.807) is 41.5 Å². The number of para-hydroxylation sites is 1. The summed E-state index contributed by atoms with van der Waals surface area (Å²) in [6.07, 6.45) is -0.984. The third-order valence-electron chi connectivity index (χ3n) is 5.84. The third kappa shape index (κ3) is 3.59. The highest BCUT2D eigenvalue weighted by atomic mass is 35.5. The lowest BCUT2D eigenvalue weighted by Gasteiger charge is -2.29. The third-order valence-corrected chi connectivity index (χ3v) is 6.09. The average Bonchev–Trinajstić information content (AvgIpc) is 3.33. The van der Waals surface area contributed by atoms with Gasteiger partial charge in [0, 0.05) is 5.02 Å². The van der Waals surface area contributed by atoms with Crippen molar-refractivity contribution >= 4 is 34.8 Å². The molecule has 2 aliphatic heterocycles. The number of hydrogen-bond donors (Lipinski definition) is 1. The number of hydrogen-bond acceptors (Lipinski definition) is 6. The molecule has 8 heteroatoms. The molecule has 3 atom stereocenters. The first-order valence-corrected chi connectivity index (χ1v) is 11.0. The fourth-order valence-corrected chi connectivity index (χ4v) is 4.51. The SMILES string of the molecule is CCOc1cc([C@@H]2[C@@H]3C(=O)N(c4ccc(Cl)cc4)C(=O)[C@@H]3ON2c2ccccc2)ccc1O. The van der Waals surface area contributed by atoms with Gasteiger partial charge in [-0.25, -0.2) is 9.96 Å². The Bertz CT molecular complexity index is 1200. The zero-order chi connectivity index (χ0) is 23.1. The molecular weight excluding hydrogens is 444 g/mol. The molecule has 5 rings (SSSR count). The van der Waals surface area contributed by atoms with Crippen LogP contribution in [0.5, 0.6) is 11.5 Å². The molecule has 2 amide bonds. The summed E-state index contributed by atoms with van der Waals surface area (Å²) in [5.74, 6) is -1.27. The Balaban J connectivity index is 1.59. The minimum absolute atomic E-state index is 0.000980. The minimum atomic E-state index is -0.984. The Hall–Kier alpha value is -3.55. The van der Waals surface area contributed by atoms with Gasteiger partial charge in [-0.05, 0) is 61.0 Å². The van der Waals surface area contributed by atoms with Crippen LogP contribution in [-0.2, 0) is 14.4 Å². The van der Waals surface area contributed by atoms with Crippen LogP contribution in [0.4, 0.5) is 11.4 Å². The largest absolute Gasteiger partial charge is 0.504 e. The Morgan fingerprint density at radius 2 is 1.70 bits per heavy atom. The van der Waals surface area contributed by atoms with Gasteiger partial charge in [-0.15, -0.1) is 0 Å². The lowest BCUT2D eigenvalue weighted by Crippen LogP contribution is -2.37. The number of rotatable bonds is 5. The van der Waals surface area contributed by atoms with Crippen molar-refractivity contribution in [3.05, 3.63) is 83.4 Å². The fourth-order valence-electron chi connectivity index (χ4n) is 4.38. The molecule has 0 aromatic heterocycles. The van der Waals surface area contributed by atoms with Crippen LogP contribution in [0, 0.1) is 5.92 Å². The molecule has 2 fully saturated rings. The summed E-state index contributed by atoms with van der Waals surface area (Å²) in [4.78, 5) is 34.2. The van der Waals surface area contributed by atoms with Gasteiger partial charge in [0.05, 0.1) is 24.0 Å². The first-order valence-electron chi connectivity index (χ1n) is 10.6. The summed E-state index contributed by atoms with van der Waals surface area (Å²) in [6.45, 7) is 2.19. The van der Waals surface area contributed by atoms with Gasteiger partial charge in [0.25, 0.3) is 5.91 Å². The molecule has 168 valence electrons. The summed E-state index contributed by atoms with van der Waals surface area (Å²) in [6, 6.07) is 20.2. The van der Waals surface area contributed by atoms with Crippen LogP contribution in [0.3, 0.4) is 0 Å². The molecule has 2 heterocycles. The first-order chi connectivity index (χ1) is 16.0. The van der Waals surface area contributed by atoms with E-state index in [-0.39, 0.29) is 11.7 Å². The lowest BCUT2D eigenvalue weighted by atomic mass is 9.90. The molecule has 0 unspecified atom stereocenters. The Morgan fingerprint density at radius 1 is 0.970 bits per heavy atom. The Kier molecular flexibility index (Phi) is 5.44. The predicted molar refractivity (Wildman–Crippen MR) is 123 cm³/mol. The molecule has 3 aromatic carbocycles. The fraction of sp³-hybridized carbons (Fsp3) is 0.200. The standard InChI is InChI=1S/C25H21ClN2O5/c1-2-32-20-14-15(8-13-19(20)29)22-21-23(33-28(22)18-6-4-3-5-7-18)25(31)27(24(21)30)17-11-9-16(26)10-12-17/h3-14,21-23,29H,2H2,1H3/t21-,22+,23+/m0/s1. The van der Waals surface area contributed by atoms with E-state index < -0.39 is 24.0 Å². The maximum absolute atomic E-state index is 13.6.